The van der Waals surface area contributed by atoms with Gasteiger partial charge in [0.15, 0.2) is 5.82 Å². The molecule has 1 aromatic carbocycles. The molecule has 0 aliphatic carbocycles. The van der Waals surface area contributed by atoms with Crippen molar-refractivity contribution in [2.24, 2.45) is 5.92 Å². The van der Waals surface area contributed by atoms with Crippen LogP contribution < -0.4 is 10.2 Å². The molecule has 1 saturated heterocycles. The monoisotopic (exact) mass is 305 g/mol. The molecule has 116 valence electrons. The van der Waals surface area contributed by atoms with Crippen LogP contribution in [0.1, 0.15) is 19.8 Å². The van der Waals surface area contributed by atoms with Crippen LogP contribution in [0.15, 0.2) is 24.4 Å². The van der Waals surface area contributed by atoms with Crippen molar-refractivity contribution in [3.05, 3.63) is 36.0 Å². The molecule has 1 atom stereocenters. The zero-order valence-corrected chi connectivity index (χ0v) is 12.3. The maximum absolute atomic E-state index is 13.7. The maximum atomic E-state index is 13.7. The number of hydrogen-bond acceptors (Lipinski definition) is 5. The minimum atomic E-state index is -0.674. The molecule has 3 rings (SSSR count). The van der Waals surface area contributed by atoms with Crippen LogP contribution in [0, 0.1) is 17.6 Å². The fraction of sp³-hybridized carbons (Fsp3) is 0.400. The first-order valence-electron chi connectivity index (χ1n) is 7.29. The predicted octanol–water partition coefficient (Wildman–Crippen LogP) is 3.13. The minimum absolute atomic E-state index is 0.235. The van der Waals surface area contributed by atoms with Gasteiger partial charge in [-0.1, -0.05) is 13.0 Å². The number of hydrogen-bond donors (Lipinski definition) is 1. The maximum Gasteiger partial charge on any atom is 0.247 e. The second kappa shape index (κ2) is 6.21. The van der Waals surface area contributed by atoms with E-state index in [1.807, 2.05) is 4.90 Å². The van der Waals surface area contributed by atoms with E-state index in [9.17, 15) is 8.78 Å². The number of halogens is 2. The van der Waals surface area contributed by atoms with Crippen LogP contribution in [0.5, 0.6) is 0 Å². The van der Waals surface area contributed by atoms with Crippen molar-refractivity contribution < 1.29 is 8.78 Å². The highest BCUT2D eigenvalue weighted by Gasteiger charge is 2.19. The van der Waals surface area contributed by atoms with Crippen LogP contribution in [0.25, 0.3) is 0 Å². The average Bonchev–Trinajstić information content (AvgIpc) is 2.51. The molecule has 22 heavy (non-hydrogen) atoms. The molecule has 0 spiro atoms. The third-order valence-corrected chi connectivity index (χ3v) is 3.70. The van der Waals surface area contributed by atoms with E-state index in [1.165, 1.54) is 30.8 Å². The summed E-state index contributed by atoms with van der Waals surface area (Å²) in [6.45, 7) is 3.90. The van der Waals surface area contributed by atoms with Crippen LogP contribution in [0.2, 0.25) is 0 Å². The van der Waals surface area contributed by atoms with Crippen molar-refractivity contribution in [2.75, 3.05) is 23.3 Å². The van der Waals surface area contributed by atoms with Crippen molar-refractivity contribution in [1.29, 1.82) is 0 Å². The molecule has 1 N–H and O–H groups in total. The Bertz CT molecular complexity index is 644. The number of rotatable bonds is 3. The molecule has 7 heteroatoms. The number of anilines is 3. The van der Waals surface area contributed by atoms with Gasteiger partial charge in [-0.3, -0.25) is 0 Å². The van der Waals surface area contributed by atoms with Crippen molar-refractivity contribution >= 4 is 17.5 Å². The number of para-hydroxylation sites is 1. The molecule has 1 aliphatic heterocycles. The molecule has 2 aromatic rings. The van der Waals surface area contributed by atoms with Gasteiger partial charge in [0.2, 0.25) is 5.95 Å². The van der Waals surface area contributed by atoms with E-state index in [0.717, 1.165) is 19.5 Å². The lowest BCUT2D eigenvalue weighted by molar-refractivity contribution is 0.441. The first kappa shape index (κ1) is 14.6. The third kappa shape index (κ3) is 3.13. The number of piperidine rings is 1. The number of nitrogens with zero attached hydrogens (tertiary/aromatic N) is 4. The van der Waals surface area contributed by atoms with Gasteiger partial charge in [-0.15, -0.1) is 5.10 Å². The van der Waals surface area contributed by atoms with Crippen LogP contribution in [-0.2, 0) is 0 Å². The molecule has 1 fully saturated rings. The zero-order valence-electron chi connectivity index (χ0n) is 12.3. The topological polar surface area (TPSA) is 53.9 Å². The van der Waals surface area contributed by atoms with Crippen molar-refractivity contribution in [3.63, 3.8) is 0 Å². The van der Waals surface area contributed by atoms with E-state index >= 15 is 0 Å². The predicted molar refractivity (Wildman–Crippen MR) is 80.1 cm³/mol. The van der Waals surface area contributed by atoms with E-state index in [1.54, 1.807) is 0 Å². The standard InChI is InChI=1S/C15H17F2N5/c1-10-4-3-7-22(9-10)15-20-13(8-18-21-15)19-14-11(16)5-2-6-12(14)17/h2,5-6,8,10H,3-4,7,9H2,1H3,(H,19,20,21). The summed E-state index contributed by atoms with van der Waals surface area (Å²) in [7, 11) is 0. The van der Waals surface area contributed by atoms with Gasteiger partial charge in [0.25, 0.3) is 0 Å². The van der Waals surface area contributed by atoms with Gasteiger partial charge in [-0.2, -0.15) is 10.1 Å². The van der Waals surface area contributed by atoms with Crippen LogP contribution in [0.4, 0.5) is 26.2 Å². The van der Waals surface area contributed by atoms with Crippen LogP contribution >= 0.6 is 0 Å². The number of aromatic nitrogens is 3. The highest BCUT2D eigenvalue weighted by atomic mass is 19.1. The van der Waals surface area contributed by atoms with E-state index in [0.29, 0.717) is 11.9 Å². The molecule has 1 unspecified atom stereocenters. The smallest absolute Gasteiger partial charge is 0.247 e. The molecule has 0 amide bonds. The van der Waals surface area contributed by atoms with E-state index < -0.39 is 11.6 Å². The minimum Gasteiger partial charge on any atom is -0.339 e. The Morgan fingerprint density at radius 1 is 1.27 bits per heavy atom. The van der Waals surface area contributed by atoms with Gasteiger partial charge in [0.1, 0.15) is 17.3 Å². The molecule has 0 bridgehead atoms. The van der Waals surface area contributed by atoms with E-state index in [2.05, 4.69) is 27.4 Å². The highest BCUT2D eigenvalue weighted by molar-refractivity contribution is 5.57. The first-order chi connectivity index (χ1) is 10.6. The van der Waals surface area contributed by atoms with Crippen LogP contribution in [-0.4, -0.2) is 28.3 Å². The SMILES string of the molecule is CC1CCCN(c2nncc(Nc3c(F)cccc3F)n2)C1. The Labute approximate surface area is 127 Å². The first-order valence-corrected chi connectivity index (χ1v) is 7.29. The number of benzene rings is 1. The average molecular weight is 305 g/mol. The molecule has 0 saturated carbocycles. The third-order valence-electron chi connectivity index (χ3n) is 3.70. The molecular formula is C15H17F2N5. The van der Waals surface area contributed by atoms with E-state index in [-0.39, 0.29) is 11.5 Å². The highest BCUT2D eigenvalue weighted by Crippen LogP contribution is 2.24. The largest absolute Gasteiger partial charge is 0.339 e. The molecule has 1 aliphatic rings. The Morgan fingerprint density at radius 3 is 2.77 bits per heavy atom. The normalized spacial score (nSPS) is 18.3. The van der Waals surface area contributed by atoms with Crippen molar-refractivity contribution in [3.8, 4) is 0 Å². The summed E-state index contributed by atoms with van der Waals surface area (Å²) >= 11 is 0. The van der Waals surface area contributed by atoms with Gasteiger partial charge in [-0.25, -0.2) is 8.78 Å². The summed E-state index contributed by atoms with van der Waals surface area (Å²) in [5, 5.41) is 10.5. The zero-order chi connectivity index (χ0) is 15.5. The Hall–Kier alpha value is -2.31. The summed E-state index contributed by atoms with van der Waals surface area (Å²) in [4.78, 5) is 6.36. The lowest BCUT2D eigenvalue weighted by atomic mass is 10.0. The molecule has 5 nitrogen and oxygen atoms in total. The summed E-state index contributed by atoms with van der Waals surface area (Å²) in [6, 6.07) is 3.69. The van der Waals surface area contributed by atoms with Gasteiger partial charge in [0, 0.05) is 13.1 Å². The lowest BCUT2D eigenvalue weighted by Crippen LogP contribution is -2.35. The second-order valence-corrected chi connectivity index (χ2v) is 5.56. The van der Waals surface area contributed by atoms with Gasteiger partial charge in [-0.05, 0) is 30.9 Å². The van der Waals surface area contributed by atoms with Gasteiger partial charge in [0.05, 0.1) is 6.20 Å². The fourth-order valence-corrected chi connectivity index (χ4v) is 2.60. The molecule has 0 radical (unpaired) electrons. The second-order valence-electron chi connectivity index (χ2n) is 5.56. The Kier molecular flexibility index (Phi) is 4.13. The summed E-state index contributed by atoms with van der Waals surface area (Å²) in [5.74, 6) is -0.0305. The Morgan fingerprint density at radius 2 is 2.05 bits per heavy atom. The van der Waals surface area contributed by atoms with Crippen LogP contribution in [0.3, 0.4) is 0 Å². The van der Waals surface area contributed by atoms with Gasteiger partial charge < -0.3 is 10.2 Å². The fourth-order valence-electron chi connectivity index (χ4n) is 2.60. The summed E-state index contributed by atoms with van der Waals surface area (Å²) in [5.41, 5.74) is -0.235. The summed E-state index contributed by atoms with van der Waals surface area (Å²) in [6.07, 6.45) is 3.61. The van der Waals surface area contributed by atoms with Crippen molar-refractivity contribution in [1.82, 2.24) is 15.2 Å². The number of nitrogens with one attached hydrogen (secondary N) is 1. The van der Waals surface area contributed by atoms with Crippen molar-refractivity contribution in [2.45, 2.75) is 19.8 Å². The van der Waals surface area contributed by atoms with Gasteiger partial charge >= 0.3 is 0 Å². The Balaban J connectivity index is 1.82. The molecular weight excluding hydrogens is 288 g/mol. The lowest BCUT2D eigenvalue weighted by Gasteiger charge is -2.30. The molecule has 2 heterocycles. The summed E-state index contributed by atoms with van der Waals surface area (Å²) < 4.78 is 27.3. The molecule has 1 aromatic heterocycles. The van der Waals surface area contributed by atoms with E-state index in [4.69, 9.17) is 0 Å². The quantitative estimate of drug-likeness (QED) is 0.944.